The van der Waals surface area contributed by atoms with E-state index in [2.05, 4.69) is 0 Å². The fourth-order valence-corrected chi connectivity index (χ4v) is 2.20. The molecule has 1 aromatic carbocycles. The van der Waals surface area contributed by atoms with Gasteiger partial charge >= 0.3 is 0 Å². The molecule has 1 aliphatic heterocycles. The molecule has 0 bridgehead atoms. The van der Waals surface area contributed by atoms with Crippen LogP contribution in [0.5, 0.6) is 0 Å². The zero-order valence-electron chi connectivity index (χ0n) is 10.8. The average molecular weight is 311 g/mol. The minimum atomic E-state index is -0.376. The van der Waals surface area contributed by atoms with Crippen LogP contribution in [0, 0.1) is 11.3 Å². The third-order valence-corrected chi connectivity index (χ3v) is 3.82. The molecule has 20 heavy (non-hydrogen) atoms. The van der Waals surface area contributed by atoms with Gasteiger partial charge in [0.1, 0.15) is 11.6 Å². The number of rotatable bonds is 2. The molecule has 2 rings (SSSR count). The molecule has 0 aliphatic carbocycles. The third-order valence-electron chi connectivity index (χ3n) is 3.08. The molecule has 104 valence electrons. The molecule has 0 radical (unpaired) electrons. The maximum atomic E-state index is 12.4. The van der Waals surface area contributed by atoms with E-state index in [1.165, 1.54) is 12.1 Å². The number of likely N-dealkylation sites (N-methyl/N-ethyl adjacent to an activating group) is 1. The maximum Gasteiger partial charge on any atom is 0.205 e. The lowest BCUT2D eigenvalue weighted by Crippen LogP contribution is -2.33. The van der Waals surface area contributed by atoms with E-state index in [1.54, 1.807) is 6.07 Å². The summed E-state index contributed by atoms with van der Waals surface area (Å²) in [5.74, 6) is -0.376. The quantitative estimate of drug-likeness (QED) is 0.479. The van der Waals surface area contributed by atoms with Crippen LogP contribution in [-0.2, 0) is 4.74 Å². The fourth-order valence-electron chi connectivity index (χ4n) is 1.91. The number of Topliss-reactive ketones (excluding diaryl/α,β-unsaturated/α-hetero) is 1. The second-order valence-corrected chi connectivity index (χ2v) is 5.18. The normalized spacial score (nSPS) is 17.6. The minimum Gasteiger partial charge on any atom is -0.373 e. The van der Waals surface area contributed by atoms with Gasteiger partial charge in [-0.25, -0.2) is 0 Å². The van der Waals surface area contributed by atoms with Gasteiger partial charge in [-0.1, -0.05) is 23.2 Å². The number of morpholine rings is 1. The first-order valence-corrected chi connectivity index (χ1v) is 6.72. The molecule has 1 fully saturated rings. The Morgan fingerprint density at radius 1 is 1.40 bits per heavy atom. The summed E-state index contributed by atoms with van der Waals surface area (Å²) in [5, 5.41) is 9.93. The SMILES string of the molecule is CN1CCOC/C1=C(\C#N)C(=O)c1ccc(Cl)c(Cl)c1. The van der Waals surface area contributed by atoms with Crippen molar-refractivity contribution in [2.45, 2.75) is 0 Å². The summed E-state index contributed by atoms with van der Waals surface area (Å²) in [4.78, 5) is 14.3. The summed E-state index contributed by atoms with van der Waals surface area (Å²) in [6.45, 7) is 1.49. The molecule has 1 heterocycles. The third kappa shape index (κ3) is 2.96. The van der Waals surface area contributed by atoms with Crippen molar-refractivity contribution >= 4 is 29.0 Å². The number of ether oxygens (including phenoxy) is 1. The Hall–Kier alpha value is -1.54. The number of halogens is 2. The molecule has 4 nitrogen and oxygen atoms in total. The van der Waals surface area contributed by atoms with Gasteiger partial charge in [-0.3, -0.25) is 4.79 Å². The van der Waals surface area contributed by atoms with Crippen molar-refractivity contribution in [3.05, 3.63) is 45.1 Å². The Morgan fingerprint density at radius 2 is 2.15 bits per heavy atom. The number of allylic oxidation sites excluding steroid dienone is 1. The first-order chi connectivity index (χ1) is 9.54. The number of hydrogen-bond donors (Lipinski definition) is 0. The fraction of sp³-hybridized carbons (Fsp3) is 0.286. The molecule has 0 spiro atoms. The van der Waals surface area contributed by atoms with Crippen LogP contribution >= 0.6 is 23.2 Å². The molecule has 0 N–H and O–H groups in total. The lowest BCUT2D eigenvalue weighted by atomic mass is 10.0. The Labute approximate surface area is 127 Å². The summed E-state index contributed by atoms with van der Waals surface area (Å²) < 4.78 is 5.31. The van der Waals surface area contributed by atoms with Crippen molar-refractivity contribution in [1.29, 1.82) is 5.26 Å². The Bertz CT molecular complexity index is 620. The number of carbonyl (C=O) groups is 1. The molecular formula is C14H12Cl2N2O2. The van der Waals surface area contributed by atoms with E-state index in [-0.39, 0.29) is 23.0 Å². The molecular weight excluding hydrogens is 299 g/mol. The second kappa shape index (κ2) is 6.27. The van der Waals surface area contributed by atoms with Crippen molar-refractivity contribution in [2.24, 2.45) is 0 Å². The van der Waals surface area contributed by atoms with E-state index >= 15 is 0 Å². The Kier molecular flexibility index (Phi) is 4.66. The highest BCUT2D eigenvalue weighted by molar-refractivity contribution is 6.42. The Morgan fingerprint density at radius 3 is 2.75 bits per heavy atom. The first-order valence-electron chi connectivity index (χ1n) is 5.96. The predicted octanol–water partition coefficient (Wildman–Crippen LogP) is 2.92. The van der Waals surface area contributed by atoms with Crippen LogP contribution in [0.1, 0.15) is 10.4 Å². The predicted molar refractivity (Wildman–Crippen MR) is 76.9 cm³/mol. The molecule has 0 amide bonds. The summed E-state index contributed by atoms with van der Waals surface area (Å²) >= 11 is 11.7. The molecule has 6 heteroatoms. The number of benzene rings is 1. The molecule has 0 unspecified atom stereocenters. The van der Waals surface area contributed by atoms with E-state index < -0.39 is 0 Å². The van der Waals surface area contributed by atoms with Crippen LogP contribution < -0.4 is 0 Å². The van der Waals surface area contributed by atoms with Crippen LogP contribution in [0.25, 0.3) is 0 Å². The summed E-state index contributed by atoms with van der Waals surface area (Å²) in [5.41, 5.74) is 1.00. The highest BCUT2D eigenvalue weighted by Gasteiger charge is 2.22. The van der Waals surface area contributed by atoms with E-state index in [4.69, 9.17) is 27.9 Å². The molecule has 0 atom stereocenters. The van der Waals surface area contributed by atoms with Gasteiger partial charge in [-0.2, -0.15) is 5.26 Å². The van der Waals surface area contributed by atoms with E-state index in [9.17, 15) is 10.1 Å². The van der Waals surface area contributed by atoms with Gasteiger partial charge in [0, 0.05) is 19.2 Å². The van der Waals surface area contributed by atoms with Crippen LogP contribution in [0.4, 0.5) is 0 Å². The standard InChI is InChI=1S/C14H12Cl2N2O2/c1-18-4-5-20-8-13(18)10(7-17)14(19)9-2-3-11(15)12(16)6-9/h2-3,6H,4-5,8H2,1H3/b13-10-. The lowest BCUT2D eigenvalue weighted by molar-refractivity contribution is 0.0810. The van der Waals surface area contributed by atoms with Gasteiger partial charge in [0.2, 0.25) is 5.78 Å². The summed E-state index contributed by atoms with van der Waals surface area (Å²) in [7, 11) is 1.83. The average Bonchev–Trinajstić information content (AvgIpc) is 2.44. The van der Waals surface area contributed by atoms with Gasteiger partial charge in [0.15, 0.2) is 0 Å². The van der Waals surface area contributed by atoms with Gasteiger partial charge < -0.3 is 9.64 Å². The van der Waals surface area contributed by atoms with Gasteiger partial charge in [0.25, 0.3) is 0 Å². The minimum absolute atomic E-state index is 0.0746. The highest BCUT2D eigenvalue weighted by atomic mass is 35.5. The number of carbonyl (C=O) groups excluding carboxylic acids is 1. The van der Waals surface area contributed by atoms with Crippen molar-refractivity contribution in [1.82, 2.24) is 4.90 Å². The molecule has 0 aromatic heterocycles. The van der Waals surface area contributed by atoms with Crippen molar-refractivity contribution in [3.8, 4) is 6.07 Å². The smallest absolute Gasteiger partial charge is 0.205 e. The second-order valence-electron chi connectivity index (χ2n) is 4.37. The van der Waals surface area contributed by atoms with Gasteiger partial charge in [-0.15, -0.1) is 0 Å². The Balaban J connectivity index is 2.41. The molecule has 1 aromatic rings. The summed E-state index contributed by atoms with van der Waals surface area (Å²) in [6, 6.07) is 6.53. The van der Waals surface area contributed by atoms with E-state index in [1.807, 2.05) is 18.0 Å². The lowest BCUT2D eigenvalue weighted by Gasteiger charge is -2.28. The zero-order valence-corrected chi connectivity index (χ0v) is 12.3. The van der Waals surface area contributed by atoms with Crippen LogP contribution in [0.3, 0.4) is 0 Å². The van der Waals surface area contributed by atoms with Crippen LogP contribution in [0.15, 0.2) is 29.5 Å². The summed E-state index contributed by atoms with van der Waals surface area (Å²) in [6.07, 6.45) is 0. The van der Waals surface area contributed by atoms with Gasteiger partial charge in [0.05, 0.1) is 29.0 Å². The molecule has 1 aliphatic rings. The highest BCUT2D eigenvalue weighted by Crippen LogP contribution is 2.25. The van der Waals surface area contributed by atoms with Crippen molar-refractivity contribution < 1.29 is 9.53 Å². The zero-order chi connectivity index (χ0) is 14.7. The van der Waals surface area contributed by atoms with Crippen LogP contribution in [0.2, 0.25) is 10.0 Å². The number of nitrogens with zero attached hydrogens (tertiary/aromatic N) is 2. The van der Waals surface area contributed by atoms with Gasteiger partial charge in [-0.05, 0) is 18.2 Å². The first kappa shape index (κ1) is 14.9. The van der Waals surface area contributed by atoms with Crippen molar-refractivity contribution in [2.75, 3.05) is 26.8 Å². The van der Waals surface area contributed by atoms with Crippen molar-refractivity contribution in [3.63, 3.8) is 0 Å². The largest absolute Gasteiger partial charge is 0.373 e. The molecule has 1 saturated heterocycles. The monoisotopic (exact) mass is 310 g/mol. The number of nitriles is 1. The number of ketones is 1. The van der Waals surface area contributed by atoms with Crippen LogP contribution in [-0.4, -0.2) is 37.5 Å². The topological polar surface area (TPSA) is 53.3 Å². The van der Waals surface area contributed by atoms with E-state index in [0.29, 0.717) is 29.4 Å². The van der Waals surface area contributed by atoms with E-state index in [0.717, 1.165) is 0 Å². The molecule has 0 saturated carbocycles. The number of hydrogen-bond acceptors (Lipinski definition) is 4. The maximum absolute atomic E-state index is 12.4.